The molecule has 0 saturated heterocycles. The Bertz CT molecular complexity index is 502. The second-order valence-electron chi connectivity index (χ2n) is 4.10. The maximum absolute atomic E-state index is 11.1. The summed E-state index contributed by atoms with van der Waals surface area (Å²) in [7, 11) is 0. The standard InChI is InChI=1S/C12H17N3O6/c16-5-3-14(4-6-17)9-1-2-10(13-12(19)8-18)11(7-9)15(20)21/h1-2,7,16-18H,3-6,8H2,(H,13,19). The van der Waals surface area contributed by atoms with Gasteiger partial charge in [0.15, 0.2) is 0 Å². The predicted molar refractivity (Wildman–Crippen MR) is 75.2 cm³/mol. The summed E-state index contributed by atoms with van der Waals surface area (Å²) in [5.74, 6) is -0.756. The van der Waals surface area contributed by atoms with Crippen LogP contribution in [-0.2, 0) is 4.79 Å². The summed E-state index contributed by atoms with van der Waals surface area (Å²) in [6.07, 6.45) is 0. The van der Waals surface area contributed by atoms with Crippen molar-refractivity contribution in [2.24, 2.45) is 0 Å². The van der Waals surface area contributed by atoms with E-state index in [9.17, 15) is 14.9 Å². The minimum absolute atomic E-state index is 0.0317. The molecule has 9 heteroatoms. The van der Waals surface area contributed by atoms with Gasteiger partial charge in [-0.3, -0.25) is 14.9 Å². The number of amides is 1. The number of rotatable bonds is 8. The number of benzene rings is 1. The molecule has 0 fully saturated rings. The fourth-order valence-electron chi connectivity index (χ4n) is 1.77. The van der Waals surface area contributed by atoms with E-state index in [-0.39, 0.29) is 37.7 Å². The highest BCUT2D eigenvalue weighted by molar-refractivity contribution is 5.94. The van der Waals surface area contributed by atoms with Crippen LogP contribution >= 0.6 is 0 Å². The smallest absolute Gasteiger partial charge is 0.294 e. The molecule has 116 valence electrons. The Hall–Kier alpha value is -2.23. The normalized spacial score (nSPS) is 10.2. The molecule has 0 spiro atoms. The van der Waals surface area contributed by atoms with Crippen LogP contribution in [0.15, 0.2) is 18.2 Å². The number of carbonyl (C=O) groups is 1. The minimum atomic E-state index is -0.778. The fourth-order valence-corrected chi connectivity index (χ4v) is 1.77. The van der Waals surface area contributed by atoms with Gasteiger partial charge in [0.2, 0.25) is 5.91 Å². The first-order valence-corrected chi connectivity index (χ1v) is 6.19. The Morgan fingerprint density at radius 2 is 1.86 bits per heavy atom. The van der Waals surface area contributed by atoms with E-state index < -0.39 is 17.4 Å². The lowest BCUT2D eigenvalue weighted by atomic mass is 10.2. The van der Waals surface area contributed by atoms with Gasteiger partial charge in [-0.05, 0) is 12.1 Å². The molecular weight excluding hydrogens is 282 g/mol. The van der Waals surface area contributed by atoms with E-state index in [4.69, 9.17) is 15.3 Å². The maximum Gasteiger partial charge on any atom is 0.294 e. The first-order valence-electron chi connectivity index (χ1n) is 6.19. The third-order valence-corrected chi connectivity index (χ3v) is 2.70. The van der Waals surface area contributed by atoms with E-state index in [2.05, 4.69) is 5.32 Å². The summed E-state index contributed by atoms with van der Waals surface area (Å²) in [6, 6.07) is 4.09. The molecule has 0 bridgehead atoms. The molecule has 1 aromatic rings. The van der Waals surface area contributed by atoms with Crippen LogP contribution in [0, 0.1) is 10.1 Å². The maximum atomic E-state index is 11.1. The van der Waals surface area contributed by atoms with Crippen molar-refractivity contribution in [1.29, 1.82) is 0 Å². The van der Waals surface area contributed by atoms with Gasteiger partial charge in [-0.1, -0.05) is 0 Å². The van der Waals surface area contributed by atoms with Gasteiger partial charge in [0.25, 0.3) is 5.69 Å². The molecule has 0 aliphatic rings. The fraction of sp³-hybridized carbons (Fsp3) is 0.417. The van der Waals surface area contributed by atoms with E-state index in [1.807, 2.05) is 0 Å². The largest absolute Gasteiger partial charge is 0.395 e. The van der Waals surface area contributed by atoms with Crippen LogP contribution in [-0.4, -0.2) is 59.1 Å². The van der Waals surface area contributed by atoms with Crippen molar-refractivity contribution in [2.75, 3.05) is 43.1 Å². The third-order valence-electron chi connectivity index (χ3n) is 2.70. The van der Waals surface area contributed by atoms with Crippen molar-refractivity contribution in [3.63, 3.8) is 0 Å². The van der Waals surface area contributed by atoms with Crippen LogP contribution in [0.2, 0.25) is 0 Å². The van der Waals surface area contributed by atoms with E-state index in [1.54, 1.807) is 4.90 Å². The van der Waals surface area contributed by atoms with Gasteiger partial charge in [0, 0.05) is 24.8 Å². The molecule has 1 rings (SSSR count). The molecule has 9 nitrogen and oxygen atoms in total. The van der Waals surface area contributed by atoms with Crippen molar-refractivity contribution in [2.45, 2.75) is 0 Å². The quantitative estimate of drug-likeness (QED) is 0.368. The van der Waals surface area contributed by atoms with Gasteiger partial charge < -0.3 is 25.5 Å². The molecule has 1 amide bonds. The molecule has 0 saturated carbocycles. The molecule has 1 aromatic carbocycles. The molecule has 0 radical (unpaired) electrons. The number of anilines is 2. The number of nitrogens with zero attached hydrogens (tertiary/aromatic N) is 2. The first kappa shape index (κ1) is 16.8. The zero-order valence-corrected chi connectivity index (χ0v) is 11.2. The van der Waals surface area contributed by atoms with Gasteiger partial charge in [-0.15, -0.1) is 0 Å². The highest BCUT2D eigenvalue weighted by atomic mass is 16.6. The highest BCUT2D eigenvalue weighted by Gasteiger charge is 2.18. The zero-order valence-electron chi connectivity index (χ0n) is 11.2. The number of hydrogen-bond acceptors (Lipinski definition) is 7. The molecule has 21 heavy (non-hydrogen) atoms. The van der Waals surface area contributed by atoms with Gasteiger partial charge in [-0.25, -0.2) is 0 Å². The van der Waals surface area contributed by atoms with Gasteiger partial charge in [-0.2, -0.15) is 0 Å². The molecular formula is C12H17N3O6. The molecule has 0 aliphatic carbocycles. The van der Waals surface area contributed by atoms with Crippen LogP contribution in [0.3, 0.4) is 0 Å². The van der Waals surface area contributed by atoms with Crippen LogP contribution in [0.5, 0.6) is 0 Å². The minimum Gasteiger partial charge on any atom is -0.395 e. The summed E-state index contributed by atoms with van der Waals surface area (Å²) < 4.78 is 0. The Balaban J connectivity index is 3.11. The Labute approximate surface area is 120 Å². The van der Waals surface area contributed by atoms with E-state index >= 15 is 0 Å². The number of carbonyl (C=O) groups excluding carboxylic acids is 1. The van der Waals surface area contributed by atoms with Crippen molar-refractivity contribution < 1.29 is 25.0 Å². The molecule has 0 atom stereocenters. The average Bonchev–Trinajstić information content (AvgIpc) is 2.47. The monoisotopic (exact) mass is 299 g/mol. The van der Waals surface area contributed by atoms with Crippen LogP contribution in [0.25, 0.3) is 0 Å². The molecule has 0 heterocycles. The molecule has 0 aromatic heterocycles. The number of nitrogens with one attached hydrogen (secondary N) is 1. The van der Waals surface area contributed by atoms with Crippen molar-refractivity contribution >= 4 is 23.0 Å². The van der Waals surface area contributed by atoms with Crippen LogP contribution < -0.4 is 10.2 Å². The summed E-state index contributed by atoms with van der Waals surface area (Å²) in [6.45, 7) is -0.701. The average molecular weight is 299 g/mol. The Kier molecular flexibility index (Phi) is 6.53. The van der Waals surface area contributed by atoms with E-state index in [0.717, 1.165) is 0 Å². The second kappa shape index (κ2) is 8.15. The Morgan fingerprint density at radius 1 is 1.24 bits per heavy atom. The number of aliphatic hydroxyl groups excluding tert-OH is 3. The first-order chi connectivity index (χ1) is 10.0. The summed E-state index contributed by atoms with van der Waals surface area (Å²) in [4.78, 5) is 23.1. The lowest BCUT2D eigenvalue weighted by Crippen LogP contribution is -2.29. The zero-order chi connectivity index (χ0) is 15.8. The number of hydrogen-bond donors (Lipinski definition) is 4. The summed E-state index contributed by atoms with van der Waals surface area (Å²) in [5, 5.41) is 39.9. The Morgan fingerprint density at radius 3 is 2.33 bits per heavy atom. The molecule has 0 aliphatic heterocycles. The summed E-state index contributed by atoms with van der Waals surface area (Å²) in [5.41, 5.74) is 0.0673. The van der Waals surface area contributed by atoms with Crippen molar-refractivity contribution in [3.8, 4) is 0 Å². The lowest BCUT2D eigenvalue weighted by molar-refractivity contribution is -0.383. The topological polar surface area (TPSA) is 136 Å². The molecule has 4 N–H and O–H groups in total. The SMILES string of the molecule is O=C(CO)Nc1ccc(N(CCO)CCO)cc1[N+](=O)[O-]. The second-order valence-corrected chi connectivity index (χ2v) is 4.10. The molecule has 0 unspecified atom stereocenters. The highest BCUT2D eigenvalue weighted by Crippen LogP contribution is 2.29. The predicted octanol–water partition coefficient (Wildman–Crippen LogP) is -0.683. The lowest BCUT2D eigenvalue weighted by Gasteiger charge is -2.23. The van der Waals surface area contributed by atoms with Gasteiger partial charge in [0.05, 0.1) is 18.1 Å². The number of nitro benzene ring substituents is 1. The van der Waals surface area contributed by atoms with Crippen molar-refractivity contribution in [1.82, 2.24) is 0 Å². The van der Waals surface area contributed by atoms with E-state index in [0.29, 0.717) is 5.69 Å². The summed E-state index contributed by atoms with van der Waals surface area (Å²) >= 11 is 0. The van der Waals surface area contributed by atoms with E-state index in [1.165, 1.54) is 18.2 Å². The van der Waals surface area contributed by atoms with Crippen LogP contribution in [0.4, 0.5) is 17.1 Å². The third kappa shape index (κ3) is 4.67. The number of nitro groups is 1. The van der Waals surface area contributed by atoms with Crippen LogP contribution in [0.1, 0.15) is 0 Å². The van der Waals surface area contributed by atoms with Gasteiger partial charge >= 0.3 is 0 Å². The van der Waals surface area contributed by atoms with Gasteiger partial charge in [0.1, 0.15) is 12.3 Å². The number of aliphatic hydroxyl groups is 3. The van der Waals surface area contributed by atoms with Crippen molar-refractivity contribution in [3.05, 3.63) is 28.3 Å².